The maximum Gasteiger partial charge on any atom is 0.259 e. The van der Waals surface area contributed by atoms with Gasteiger partial charge in [-0.3, -0.25) is 9.48 Å². The maximum absolute atomic E-state index is 14.8. The normalized spacial score (nSPS) is 18.6. The van der Waals surface area contributed by atoms with E-state index in [1.165, 1.54) is 23.0 Å². The highest BCUT2D eigenvalue weighted by Crippen LogP contribution is 2.28. The SMILES string of the molecule is CC1CN(c2ccc(NC(=O)c3cn(C)nc3-c3ccc(F)cc3F)cc2F)CC(C)O1. The van der Waals surface area contributed by atoms with Crippen LogP contribution in [-0.4, -0.2) is 41.0 Å². The largest absolute Gasteiger partial charge is 0.372 e. The summed E-state index contributed by atoms with van der Waals surface area (Å²) in [5.74, 6) is -2.62. The van der Waals surface area contributed by atoms with Gasteiger partial charge in [-0.15, -0.1) is 0 Å². The first-order valence-electron chi connectivity index (χ1n) is 10.2. The first-order valence-corrected chi connectivity index (χ1v) is 10.2. The van der Waals surface area contributed by atoms with Crippen LogP contribution >= 0.6 is 0 Å². The third kappa shape index (κ3) is 4.47. The number of benzene rings is 2. The third-order valence-electron chi connectivity index (χ3n) is 5.23. The number of hydrogen-bond acceptors (Lipinski definition) is 4. The highest BCUT2D eigenvalue weighted by Gasteiger charge is 2.25. The van der Waals surface area contributed by atoms with Crippen molar-refractivity contribution in [2.75, 3.05) is 23.3 Å². The van der Waals surface area contributed by atoms with Gasteiger partial charge in [-0.2, -0.15) is 5.10 Å². The van der Waals surface area contributed by atoms with E-state index in [9.17, 15) is 18.0 Å². The number of ether oxygens (including phenoxy) is 1. The minimum Gasteiger partial charge on any atom is -0.372 e. The second-order valence-electron chi connectivity index (χ2n) is 7.97. The lowest BCUT2D eigenvalue weighted by molar-refractivity contribution is -0.00539. The van der Waals surface area contributed by atoms with E-state index in [1.54, 1.807) is 19.2 Å². The van der Waals surface area contributed by atoms with E-state index in [-0.39, 0.29) is 34.7 Å². The van der Waals surface area contributed by atoms with Crippen LogP contribution in [0.1, 0.15) is 24.2 Å². The van der Waals surface area contributed by atoms with Crippen LogP contribution < -0.4 is 10.2 Å². The van der Waals surface area contributed by atoms with Gasteiger partial charge in [-0.05, 0) is 44.2 Å². The highest BCUT2D eigenvalue weighted by molar-refractivity contribution is 6.08. The standard InChI is InChI=1S/C23H23F3N4O2/c1-13-10-30(11-14(2)32-13)21-7-5-16(9-20(21)26)27-23(31)18-12-29(3)28-22(18)17-6-4-15(24)8-19(17)25/h4-9,12-14H,10-11H2,1-3H3,(H,27,31). The summed E-state index contributed by atoms with van der Waals surface area (Å²) >= 11 is 0. The number of nitrogens with zero attached hydrogens (tertiary/aromatic N) is 3. The van der Waals surface area contributed by atoms with E-state index in [4.69, 9.17) is 4.74 Å². The Balaban J connectivity index is 1.57. The van der Waals surface area contributed by atoms with Crippen molar-refractivity contribution in [2.45, 2.75) is 26.1 Å². The lowest BCUT2D eigenvalue weighted by Gasteiger charge is -2.37. The molecule has 1 aliphatic rings. The van der Waals surface area contributed by atoms with Gasteiger partial charge >= 0.3 is 0 Å². The summed E-state index contributed by atoms with van der Waals surface area (Å²) in [5.41, 5.74) is 0.823. The number of morpholine rings is 1. The summed E-state index contributed by atoms with van der Waals surface area (Å²) in [6, 6.07) is 7.51. The van der Waals surface area contributed by atoms with Gasteiger partial charge in [0.05, 0.1) is 23.5 Å². The highest BCUT2D eigenvalue weighted by atomic mass is 19.1. The predicted molar refractivity (Wildman–Crippen MR) is 115 cm³/mol. The third-order valence-corrected chi connectivity index (χ3v) is 5.23. The number of rotatable bonds is 4. The average molecular weight is 444 g/mol. The molecule has 1 aromatic heterocycles. The molecule has 1 aliphatic heterocycles. The van der Waals surface area contributed by atoms with Gasteiger partial charge in [-0.25, -0.2) is 13.2 Å². The Hall–Kier alpha value is -3.33. The number of aryl methyl sites for hydroxylation is 1. The molecule has 4 rings (SSSR count). The maximum atomic E-state index is 14.8. The van der Waals surface area contributed by atoms with Gasteiger partial charge in [0.25, 0.3) is 5.91 Å². The number of halogens is 3. The topological polar surface area (TPSA) is 59.4 Å². The van der Waals surface area contributed by atoms with Crippen LogP contribution in [0.25, 0.3) is 11.3 Å². The van der Waals surface area contributed by atoms with Crippen LogP contribution in [0.2, 0.25) is 0 Å². The van der Waals surface area contributed by atoms with Crippen LogP contribution in [0.15, 0.2) is 42.6 Å². The van der Waals surface area contributed by atoms with E-state index < -0.39 is 23.4 Å². The summed E-state index contributed by atoms with van der Waals surface area (Å²) in [6.07, 6.45) is 1.39. The van der Waals surface area contributed by atoms with Gasteiger partial charge < -0.3 is 15.0 Å². The van der Waals surface area contributed by atoms with E-state index in [0.717, 1.165) is 12.1 Å². The van der Waals surface area contributed by atoms with Crippen molar-refractivity contribution in [3.8, 4) is 11.3 Å². The molecule has 6 nitrogen and oxygen atoms in total. The Labute approximate surface area is 183 Å². The first kappa shape index (κ1) is 21.9. The van der Waals surface area contributed by atoms with Crippen LogP contribution in [-0.2, 0) is 11.8 Å². The molecule has 2 atom stereocenters. The van der Waals surface area contributed by atoms with Gasteiger partial charge in [0.15, 0.2) is 0 Å². The molecule has 1 amide bonds. The number of aromatic nitrogens is 2. The molecule has 2 unspecified atom stereocenters. The Morgan fingerprint density at radius 1 is 1.06 bits per heavy atom. The molecule has 2 aromatic carbocycles. The van der Waals surface area contributed by atoms with Crippen LogP contribution in [0.3, 0.4) is 0 Å². The number of nitrogens with one attached hydrogen (secondary N) is 1. The molecular formula is C23H23F3N4O2. The van der Waals surface area contributed by atoms with Crippen molar-refractivity contribution in [3.05, 3.63) is 65.6 Å². The van der Waals surface area contributed by atoms with Crippen molar-refractivity contribution in [2.24, 2.45) is 7.05 Å². The lowest BCUT2D eigenvalue weighted by atomic mass is 10.1. The average Bonchev–Trinajstić information content (AvgIpc) is 3.09. The second-order valence-corrected chi connectivity index (χ2v) is 7.97. The molecule has 0 bridgehead atoms. The number of amides is 1. The molecule has 0 radical (unpaired) electrons. The summed E-state index contributed by atoms with van der Waals surface area (Å²) in [6.45, 7) is 5.00. The Bertz CT molecular complexity index is 1150. The van der Waals surface area contributed by atoms with E-state index in [0.29, 0.717) is 18.8 Å². The fourth-order valence-corrected chi connectivity index (χ4v) is 3.95. The predicted octanol–water partition coefficient (Wildman–Crippen LogP) is 4.37. The molecule has 0 saturated carbocycles. The van der Waals surface area contributed by atoms with Crippen LogP contribution in [0, 0.1) is 17.5 Å². The van der Waals surface area contributed by atoms with Crippen molar-refractivity contribution >= 4 is 17.3 Å². The molecular weight excluding hydrogens is 421 g/mol. The fourth-order valence-electron chi connectivity index (χ4n) is 3.95. The smallest absolute Gasteiger partial charge is 0.259 e. The molecule has 0 spiro atoms. The number of carbonyl (C=O) groups excluding carboxylic acids is 1. The van der Waals surface area contributed by atoms with Gasteiger partial charge in [0.2, 0.25) is 0 Å². The quantitative estimate of drug-likeness (QED) is 0.649. The molecule has 1 saturated heterocycles. The molecule has 2 heterocycles. The van der Waals surface area contributed by atoms with Crippen LogP contribution in [0.4, 0.5) is 24.5 Å². The van der Waals surface area contributed by atoms with Crippen molar-refractivity contribution < 1.29 is 22.7 Å². The summed E-state index contributed by atoms with van der Waals surface area (Å²) in [4.78, 5) is 14.8. The summed E-state index contributed by atoms with van der Waals surface area (Å²) in [5, 5.41) is 6.77. The lowest BCUT2D eigenvalue weighted by Crippen LogP contribution is -2.45. The molecule has 32 heavy (non-hydrogen) atoms. The molecule has 0 aliphatic carbocycles. The Morgan fingerprint density at radius 3 is 2.44 bits per heavy atom. The zero-order chi connectivity index (χ0) is 23.0. The monoisotopic (exact) mass is 444 g/mol. The molecule has 9 heteroatoms. The van der Waals surface area contributed by atoms with Gasteiger partial charge in [0, 0.05) is 43.7 Å². The van der Waals surface area contributed by atoms with E-state index >= 15 is 0 Å². The van der Waals surface area contributed by atoms with E-state index in [1.807, 2.05) is 18.7 Å². The Morgan fingerprint density at radius 2 is 1.78 bits per heavy atom. The number of anilines is 2. The fraction of sp³-hybridized carbons (Fsp3) is 0.304. The minimum absolute atomic E-state index is 0.00534. The zero-order valence-electron chi connectivity index (χ0n) is 17.9. The zero-order valence-corrected chi connectivity index (χ0v) is 17.9. The Kier molecular flexibility index (Phi) is 5.92. The molecule has 1 fully saturated rings. The minimum atomic E-state index is -0.831. The molecule has 1 N–H and O–H groups in total. The summed E-state index contributed by atoms with van der Waals surface area (Å²) < 4.78 is 49.4. The molecule has 168 valence electrons. The first-order chi connectivity index (χ1) is 15.2. The summed E-state index contributed by atoms with van der Waals surface area (Å²) in [7, 11) is 1.58. The van der Waals surface area contributed by atoms with Crippen molar-refractivity contribution in [1.82, 2.24) is 9.78 Å². The van der Waals surface area contributed by atoms with Gasteiger partial charge in [-0.1, -0.05) is 0 Å². The van der Waals surface area contributed by atoms with Crippen molar-refractivity contribution in [3.63, 3.8) is 0 Å². The van der Waals surface area contributed by atoms with Crippen LogP contribution in [0.5, 0.6) is 0 Å². The van der Waals surface area contributed by atoms with E-state index in [2.05, 4.69) is 10.4 Å². The van der Waals surface area contributed by atoms with Crippen molar-refractivity contribution in [1.29, 1.82) is 0 Å². The number of carbonyl (C=O) groups is 1. The second kappa shape index (κ2) is 8.66. The number of hydrogen-bond donors (Lipinski definition) is 1. The molecule has 3 aromatic rings. The van der Waals surface area contributed by atoms with Gasteiger partial charge in [0.1, 0.15) is 23.1 Å².